The van der Waals surface area contributed by atoms with E-state index in [2.05, 4.69) is 0 Å². The van der Waals surface area contributed by atoms with Crippen molar-refractivity contribution in [1.29, 1.82) is 0 Å². The molecule has 3 aliphatic heterocycles. The van der Waals surface area contributed by atoms with E-state index in [4.69, 9.17) is 42.4 Å². The topological polar surface area (TPSA) is 302 Å². The quantitative estimate of drug-likeness (QED) is 0.0452. The monoisotopic (exact) mass is 838 g/mol. The average Bonchev–Trinajstić information content (AvgIpc) is 3.12. The third-order valence-electron chi connectivity index (χ3n) is 9.54. The molecule has 0 aromatic rings. The lowest BCUT2D eigenvalue weighted by Crippen LogP contribution is -2.62. The van der Waals surface area contributed by atoms with Crippen molar-refractivity contribution in [3.05, 3.63) is 0 Å². The minimum absolute atomic E-state index is 0.0267. The molecule has 21 heteroatoms. The minimum Gasteiger partial charge on any atom is -0.387 e. The van der Waals surface area contributed by atoms with Crippen LogP contribution in [0.15, 0.2) is 0 Å². The molecule has 0 spiro atoms. The highest BCUT2D eigenvalue weighted by molar-refractivity contribution is 7.54. The van der Waals surface area contributed by atoms with Gasteiger partial charge in [0.05, 0.1) is 37.2 Å². The second-order valence-electron chi connectivity index (χ2n) is 16.4. The van der Waals surface area contributed by atoms with Crippen LogP contribution in [0.3, 0.4) is 0 Å². The van der Waals surface area contributed by atoms with Crippen LogP contribution in [-0.2, 0) is 47.0 Å². The van der Waals surface area contributed by atoms with Crippen molar-refractivity contribution in [2.24, 2.45) is 0 Å². The van der Waals surface area contributed by atoms with E-state index in [1.807, 2.05) is 20.8 Å². The van der Waals surface area contributed by atoms with E-state index in [0.717, 1.165) is 12.8 Å². The largest absolute Gasteiger partial charge is 0.387 e. The molecular formula is C35H67O20P. The van der Waals surface area contributed by atoms with Gasteiger partial charge in [0.2, 0.25) is 0 Å². The summed E-state index contributed by atoms with van der Waals surface area (Å²) in [4.78, 5) is 9.98. The average molecular weight is 839 g/mol. The summed E-state index contributed by atoms with van der Waals surface area (Å²) >= 11 is 0. The lowest BCUT2D eigenvalue weighted by Gasteiger charge is -2.44. The van der Waals surface area contributed by atoms with E-state index in [1.54, 1.807) is 20.8 Å². The Morgan fingerprint density at radius 1 is 0.482 bits per heavy atom. The van der Waals surface area contributed by atoms with E-state index >= 15 is 0 Å². The lowest BCUT2D eigenvalue weighted by atomic mass is 9.98. The molecule has 0 radical (unpaired) electrons. The predicted molar refractivity (Wildman–Crippen MR) is 193 cm³/mol. The van der Waals surface area contributed by atoms with Crippen molar-refractivity contribution in [1.82, 2.24) is 0 Å². The maximum atomic E-state index is 12.2. The maximum absolute atomic E-state index is 12.2. The van der Waals surface area contributed by atoms with Crippen LogP contribution < -0.4 is 0 Å². The summed E-state index contributed by atoms with van der Waals surface area (Å²) in [6.45, 7) is 10.3. The Morgan fingerprint density at radius 2 is 0.875 bits per heavy atom. The van der Waals surface area contributed by atoms with Crippen molar-refractivity contribution < 1.29 is 97.8 Å². The Balaban J connectivity index is 1.47. The molecule has 0 aromatic heterocycles. The standard InChI is InChI=1S/C35H67O20P/c1-34(2,3)51-14-9-7-8-13-48-31-28(42)26(40)23(37)20(54-31)17-50-33-30(44)27(41)24(38)21(55-33)18-49-32-29(43)25(39)22(36)19(53-32)16-47-12-10-11-15-52-56(45,46)35(4,5)6/h19-33,36-44H,7-18H2,1-6H3,(H,45,46). The molecule has 56 heavy (non-hydrogen) atoms. The van der Waals surface area contributed by atoms with Crippen LogP contribution in [0.5, 0.6) is 0 Å². The molecule has 0 saturated carbocycles. The third kappa shape index (κ3) is 14.6. The fourth-order valence-corrected chi connectivity index (χ4v) is 6.57. The fourth-order valence-electron chi connectivity index (χ4n) is 5.80. The first-order chi connectivity index (χ1) is 26.1. The maximum Gasteiger partial charge on any atom is 0.333 e. The zero-order valence-corrected chi connectivity index (χ0v) is 34.0. The smallest absolute Gasteiger partial charge is 0.333 e. The number of aliphatic hydroxyl groups is 9. The first-order valence-electron chi connectivity index (χ1n) is 19.2. The summed E-state index contributed by atoms with van der Waals surface area (Å²) in [6.07, 6.45) is -20.5. The van der Waals surface area contributed by atoms with Crippen molar-refractivity contribution in [3.8, 4) is 0 Å². The van der Waals surface area contributed by atoms with Gasteiger partial charge >= 0.3 is 7.60 Å². The molecule has 0 amide bonds. The van der Waals surface area contributed by atoms with Crippen molar-refractivity contribution >= 4 is 7.60 Å². The van der Waals surface area contributed by atoms with E-state index in [-0.39, 0.29) is 32.0 Å². The van der Waals surface area contributed by atoms with E-state index < -0.39 is 118 Å². The molecule has 3 heterocycles. The Hall–Kier alpha value is -0.530. The molecule has 16 unspecified atom stereocenters. The Morgan fingerprint density at radius 3 is 1.32 bits per heavy atom. The van der Waals surface area contributed by atoms with Crippen LogP contribution in [0.2, 0.25) is 0 Å². The minimum atomic E-state index is -3.79. The van der Waals surface area contributed by atoms with Gasteiger partial charge < -0.3 is 93.3 Å². The summed E-state index contributed by atoms with van der Waals surface area (Å²) in [5.41, 5.74) is -0.245. The third-order valence-corrected chi connectivity index (χ3v) is 11.8. The number of ether oxygens (including phenoxy) is 8. The molecule has 3 aliphatic rings. The number of hydrogen-bond donors (Lipinski definition) is 10. The zero-order chi connectivity index (χ0) is 42.0. The predicted octanol–water partition coefficient (Wildman–Crippen LogP) is -1.76. The highest BCUT2D eigenvalue weighted by Crippen LogP contribution is 2.54. The van der Waals surface area contributed by atoms with E-state index in [1.165, 1.54) is 0 Å². The summed E-state index contributed by atoms with van der Waals surface area (Å²) in [6, 6.07) is 0. The SMILES string of the molecule is CC(C)(C)OCCCCCOC1OC(COC2OC(COC3OC(COCCCCOP(=O)(O)C(C)(C)C)C(O)C(O)C3O)C(O)C(O)C2O)C(O)C(O)C1O. The van der Waals surface area contributed by atoms with Gasteiger partial charge in [0.15, 0.2) is 18.9 Å². The van der Waals surface area contributed by atoms with Gasteiger partial charge in [-0.25, -0.2) is 0 Å². The highest BCUT2D eigenvalue weighted by Gasteiger charge is 2.49. The number of hydrogen-bond acceptors (Lipinski definition) is 19. The summed E-state index contributed by atoms with van der Waals surface area (Å²) < 4.78 is 62.3. The Labute approximate surface area is 328 Å². The Kier molecular flexibility index (Phi) is 19.9. The molecule has 3 saturated heterocycles. The first-order valence-corrected chi connectivity index (χ1v) is 20.8. The van der Waals surface area contributed by atoms with Gasteiger partial charge in [-0.05, 0) is 73.6 Å². The molecule has 0 bridgehead atoms. The number of aliphatic hydroxyl groups excluding tert-OH is 9. The highest BCUT2D eigenvalue weighted by atomic mass is 31.2. The van der Waals surface area contributed by atoms with E-state index in [9.17, 15) is 55.4 Å². The molecule has 10 N–H and O–H groups in total. The summed E-state index contributed by atoms with van der Waals surface area (Å²) in [5, 5.41) is 93.8. The molecule has 3 fully saturated rings. The second kappa shape index (κ2) is 22.4. The molecule has 3 rings (SSSR count). The summed E-state index contributed by atoms with van der Waals surface area (Å²) in [7, 11) is -3.79. The fraction of sp³-hybridized carbons (Fsp3) is 1.00. The van der Waals surface area contributed by atoms with Gasteiger partial charge in [-0.2, -0.15) is 0 Å². The van der Waals surface area contributed by atoms with Crippen molar-refractivity contribution in [2.75, 3.05) is 46.2 Å². The molecular weight excluding hydrogens is 771 g/mol. The van der Waals surface area contributed by atoms with Gasteiger partial charge in [0, 0.05) is 19.8 Å². The van der Waals surface area contributed by atoms with Crippen molar-refractivity contribution in [2.45, 2.75) is 177 Å². The Bertz CT molecular complexity index is 1170. The first kappa shape index (κ1) is 49.8. The van der Waals surface area contributed by atoms with Gasteiger partial charge in [-0.3, -0.25) is 4.57 Å². The van der Waals surface area contributed by atoms with Crippen LogP contribution >= 0.6 is 7.60 Å². The van der Waals surface area contributed by atoms with Gasteiger partial charge in [0.1, 0.15) is 73.2 Å². The van der Waals surface area contributed by atoms with Crippen LogP contribution in [0.1, 0.15) is 73.6 Å². The van der Waals surface area contributed by atoms with Crippen LogP contribution in [0.25, 0.3) is 0 Å². The van der Waals surface area contributed by atoms with Crippen molar-refractivity contribution in [3.63, 3.8) is 0 Å². The molecule has 332 valence electrons. The van der Waals surface area contributed by atoms with Crippen LogP contribution in [0, 0.1) is 0 Å². The molecule has 16 atom stereocenters. The molecule has 0 aromatic carbocycles. The van der Waals surface area contributed by atoms with E-state index in [0.29, 0.717) is 25.9 Å². The molecule has 0 aliphatic carbocycles. The normalized spacial score (nSPS) is 38.4. The second-order valence-corrected chi connectivity index (χ2v) is 19.1. The summed E-state index contributed by atoms with van der Waals surface area (Å²) in [5.74, 6) is 0. The van der Waals surface area contributed by atoms with Gasteiger partial charge in [0.25, 0.3) is 0 Å². The molecule has 20 nitrogen and oxygen atoms in total. The number of unbranched alkanes of at least 4 members (excludes halogenated alkanes) is 3. The zero-order valence-electron chi connectivity index (χ0n) is 33.1. The van der Waals surface area contributed by atoms with Gasteiger partial charge in [-0.1, -0.05) is 0 Å². The van der Waals surface area contributed by atoms with Crippen LogP contribution in [0.4, 0.5) is 0 Å². The van der Waals surface area contributed by atoms with Gasteiger partial charge in [-0.15, -0.1) is 0 Å². The number of rotatable bonds is 21. The van der Waals surface area contributed by atoms with Crippen LogP contribution in [-0.4, -0.2) is 200 Å². The lowest BCUT2D eigenvalue weighted by molar-refractivity contribution is -0.342.